The normalized spacial score (nSPS) is 16.0. The van der Waals surface area contributed by atoms with Crippen LogP contribution in [0.2, 0.25) is 0 Å². The van der Waals surface area contributed by atoms with E-state index in [0.717, 1.165) is 11.8 Å². The Bertz CT molecular complexity index is 1290. The summed E-state index contributed by atoms with van der Waals surface area (Å²) in [5.41, 5.74) is 3.79. The number of benzene rings is 3. The zero-order chi connectivity index (χ0) is 22.2. The lowest BCUT2D eigenvalue weighted by Gasteiger charge is -2.24. The minimum absolute atomic E-state index is 0.00370. The second kappa shape index (κ2) is 7.90. The van der Waals surface area contributed by atoms with Gasteiger partial charge >= 0.3 is 0 Å². The van der Waals surface area contributed by atoms with Crippen molar-refractivity contribution in [2.45, 2.75) is 13.2 Å². The van der Waals surface area contributed by atoms with Gasteiger partial charge in [-0.1, -0.05) is 35.5 Å². The van der Waals surface area contributed by atoms with E-state index in [-0.39, 0.29) is 25.7 Å². The van der Waals surface area contributed by atoms with Crippen LogP contribution in [0.1, 0.15) is 27.0 Å². The highest BCUT2D eigenvalue weighted by molar-refractivity contribution is 6.54. The number of ether oxygens (including phenoxy) is 2. The highest BCUT2D eigenvalue weighted by atomic mass is 19.1. The lowest BCUT2D eigenvalue weighted by molar-refractivity contribution is -0.112. The molecular weight excluding hydrogens is 415 g/mol. The molecule has 8 heteroatoms. The largest absolute Gasteiger partial charge is 0.467 e. The zero-order valence-corrected chi connectivity index (χ0v) is 16.7. The summed E-state index contributed by atoms with van der Waals surface area (Å²) in [6, 6.07) is 14.9. The number of carbonyl (C=O) groups excluding carboxylic acids is 2. The number of rotatable bonds is 4. The summed E-state index contributed by atoms with van der Waals surface area (Å²) in [6.07, 6.45) is 0.768. The van der Waals surface area contributed by atoms with Crippen LogP contribution >= 0.6 is 0 Å². The van der Waals surface area contributed by atoms with Crippen molar-refractivity contribution in [2.75, 3.05) is 11.7 Å². The maximum atomic E-state index is 14.2. The fourth-order valence-electron chi connectivity index (χ4n) is 4.14. The summed E-state index contributed by atoms with van der Waals surface area (Å²) in [4.78, 5) is 25.9. The summed E-state index contributed by atoms with van der Waals surface area (Å²) >= 11 is 0. The van der Waals surface area contributed by atoms with Crippen LogP contribution in [-0.2, 0) is 22.7 Å². The number of nitrogens with zero attached hydrogens (tertiary/aromatic N) is 2. The maximum absolute atomic E-state index is 14.2. The standard InChI is InChI=1S/C24H17FN2O5/c25-18-7-16(23-17(8-18)12-31-13-32-23)10-27-21-9-14(19-4-2-1-3-15(19)11-28)5-6-20(21)22(26-30)24(27)29/h1-9,11,30H,10,12-13H2/b26-22-. The van der Waals surface area contributed by atoms with Gasteiger partial charge in [-0.3, -0.25) is 9.59 Å². The molecule has 32 heavy (non-hydrogen) atoms. The first kappa shape index (κ1) is 19.9. The maximum Gasteiger partial charge on any atom is 0.281 e. The van der Waals surface area contributed by atoms with Gasteiger partial charge in [0.2, 0.25) is 0 Å². The SMILES string of the molecule is O=Cc1ccccc1-c1ccc2c(c1)N(Cc1cc(F)cc3c1OCOC3)C(=O)/C2=N\O. The van der Waals surface area contributed by atoms with Crippen molar-refractivity contribution in [3.05, 3.63) is 82.7 Å². The Morgan fingerprint density at radius 2 is 1.97 bits per heavy atom. The molecule has 2 aliphatic rings. The Hall–Kier alpha value is -4.04. The molecule has 0 aromatic heterocycles. The number of carbonyl (C=O) groups is 2. The smallest absolute Gasteiger partial charge is 0.281 e. The molecule has 2 heterocycles. The topological polar surface area (TPSA) is 88.4 Å². The first-order valence-electron chi connectivity index (χ1n) is 9.85. The third kappa shape index (κ3) is 3.21. The highest BCUT2D eigenvalue weighted by Crippen LogP contribution is 2.38. The Morgan fingerprint density at radius 1 is 1.12 bits per heavy atom. The Morgan fingerprint density at radius 3 is 2.78 bits per heavy atom. The number of hydrogen-bond donors (Lipinski definition) is 1. The number of fused-ring (bicyclic) bond motifs is 2. The third-order valence-corrected chi connectivity index (χ3v) is 5.57. The van der Waals surface area contributed by atoms with E-state index >= 15 is 0 Å². The quantitative estimate of drug-likeness (QED) is 0.384. The average Bonchev–Trinajstić information content (AvgIpc) is 3.08. The van der Waals surface area contributed by atoms with Gasteiger partial charge in [0.1, 0.15) is 11.6 Å². The monoisotopic (exact) mass is 432 g/mol. The van der Waals surface area contributed by atoms with Gasteiger partial charge in [0.25, 0.3) is 5.91 Å². The van der Waals surface area contributed by atoms with E-state index in [2.05, 4.69) is 5.16 Å². The summed E-state index contributed by atoms with van der Waals surface area (Å²) in [5.74, 6) is -0.512. The van der Waals surface area contributed by atoms with Gasteiger partial charge in [0, 0.05) is 22.3 Å². The van der Waals surface area contributed by atoms with Crippen molar-refractivity contribution in [1.29, 1.82) is 0 Å². The molecule has 0 spiro atoms. The molecule has 0 fully saturated rings. The fourth-order valence-corrected chi connectivity index (χ4v) is 4.14. The Balaban J connectivity index is 1.61. The van der Waals surface area contributed by atoms with E-state index in [1.54, 1.807) is 30.3 Å². The molecule has 3 aromatic carbocycles. The van der Waals surface area contributed by atoms with Crippen molar-refractivity contribution in [1.82, 2.24) is 0 Å². The molecule has 1 amide bonds. The number of anilines is 1. The molecule has 0 saturated heterocycles. The van der Waals surface area contributed by atoms with E-state index < -0.39 is 11.7 Å². The first-order valence-corrected chi connectivity index (χ1v) is 9.85. The lowest BCUT2D eigenvalue weighted by atomic mass is 9.98. The fraction of sp³-hybridized carbons (Fsp3) is 0.125. The molecule has 2 aliphatic heterocycles. The van der Waals surface area contributed by atoms with Crippen molar-refractivity contribution in [3.8, 4) is 16.9 Å². The van der Waals surface area contributed by atoms with Crippen LogP contribution in [-0.4, -0.2) is 29.9 Å². The molecule has 160 valence electrons. The molecule has 0 unspecified atom stereocenters. The van der Waals surface area contributed by atoms with E-state index in [9.17, 15) is 19.2 Å². The van der Waals surface area contributed by atoms with Gasteiger partial charge in [-0.15, -0.1) is 0 Å². The molecule has 7 nitrogen and oxygen atoms in total. The highest BCUT2D eigenvalue weighted by Gasteiger charge is 2.36. The molecule has 5 rings (SSSR count). The van der Waals surface area contributed by atoms with Gasteiger partial charge in [-0.2, -0.15) is 0 Å². The van der Waals surface area contributed by atoms with Gasteiger partial charge in [0.05, 0.1) is 18.8 Å². The number of aldehydes is 1. The minimum atomic E-state index is -0.520. The Labute approximate surface area is 182 Å². The molecule has 3 aromatic rings. The molecule has 0 bridgehead atoms. The van der Waals surface area contributed by atoms with Crippen molar-refractivity contribution >= 4 is 23.6 Å². The minimum Gasteiger partial charge on any atom is -0.467 e. The average molecular weight is 432 g/mol. The summed E-state index contributed by atoms with van der Waals surface area (Å²) < 4.78 is 25.0. The molecule has 0 saturated carbocycles. The number of amides is 1. The predicted octanol–water partition coefficient (Wildman–Crippen LogP) is 3.90. The summed E-state index contributed by atoms with van der Waals surface area (Å²) in [6.45, 7) is 0.246. The summed E-state index contributed by atoms with van der Waals surface area (Å²) in [5, 5.41) is 12.7. The summed E-state index contributed by atoms with van der Waals surface area (Å²) in [7, 11) is 0. The van der Waals surface area contributed by atoms with E-state index in [4.69, 9.17) is 9.47 Å². The van der Waals surface area contributed by atoms with Gasteiger partial charge < -0.3 is 19.6 Å². The van der Waals surface area contributed by atoms with Crippen LogP contribution in [0.3, 0.4) is 0 Å². The van der Waals surface area contributed by atoms with Gasteiger partial charge in [-0.05, 0) is 35.4 Å². The third-order valence-electron chi connectivity index (χ3n) is 5.57. The first-order chi connectivity index (χ1) is 15.6. The van der Waals surface area contributed by atoms with Crippen LogP contribution in [0, 0.1) is 5.82 Å². The Kier molecular flexibility index (Phi) is 4.91. The van der Waals surface area contributed by atoms with Crippen molar-refractivity contribution in [2.24, 2.45) is 5.16 Å². The zero-order valence-electron chi connectivity index (χ0n) is 16.7. The van der Waals surface area contributed by atoms with E-state index in [1.165, 1.54) is 17.0 Å². The van der Waals surface area contributed by atoms with Crippen molar-refractivity contribution < 1.29 is 28.7 Å². The molecular formula is C24H17FN2O5. The van der Waals surface area contributed by atoms with Crippen LogP contribution in [0.4, 0.5) is 10.1 Å². The van der Waals surface area contributed by atoms with Gasteiger partial charge in [-0.25, -0.2) is 4.39 Å². The molecule has 0 radical (unpaired) electrons. The number of halogens is 1. The van der Waals surface area contributed by atoms with Crippen molar-refractivity contribution in [3.63, 3.8) is 0 Å². The van der Waals surface area contributed by atoms with Crippen LogP contribution in [0.15, 0.2) is 59.8 Å². The van der Waals surface area contributed by atoms with Crippen LogP contribution in [0.5, 0.6) is 5.75 Å². The van der Waals surface area contributed by atoms with Gasteiger partial charge in [0.15, 0.2) is 18.8 Å². The van der Waals surface area contributed by atoms with Crippen LogP contribution < -0.4 is 9.64 Å². The second-order valence-corrected chi connectivity index (χ2v) is 7.44. The molecule has 1 N–H and O–H groups in total. The van der Waals surface area contributed by atoms with E-state index in [0.29, 0.717) is 39.3 Å². The number of hydrogen-bond acceptors (Lipinski definition) is 6. The van der Waals surface area contributed by atoms with E-state index in [1.807, 2.05) is 12.1 Å². The second-order valence-electron chi connectivity index (χ2n) is 7.44. The molecule has 0 aliphatic carbocycles. The predicted molar refractivity (Wildman–Crippen MR) is 113 cm³/mol. The lowest BCUT2D eigenvalue weighted by Crippen LogP contribution is -2.30. The number of oxime groups is 1. The molecule has 0 atom stereocenters. The van der Waals surface area contributed by atoms with Crippen LogP contribution in [0.25, 0.3) is 11.1 Å².